The van der Waals surface area contributed by atoms with Crippen molar-refractivity contribution in [3.63, 3.8) is 0 Å². The Hall–Kier alpha value is -1.07. The van der Waals surface area contributed by atoms with Crippen molar-refractivity contribution in [2.45, 2.75) is 19.9 Å². The van der Waals surface area contributed by atoms with E-state index in [0.717, 1.165) is 24.2 Å². The lowest BCUT2D eigenvalue weighted by atomic mass is 10.1. The second kappa shape index (κ2) is 5.14. The lowest BCUT2D eigenvalue weighted by molar-refractivity contribution is 0.0518. The highest BCUT2D eigenvalue weighted by Gasteiger charge is 2.21. The van der Waals surface area contributed by atoms with Gasteiger partial charge in [0.25, 0.3) is 0 Å². The summed E-state index contributed by atoms with van der Waals surface area (Å²) in [5.74, 6) is -0.339. The van der Waals surface area contributed by atoms with Gasteiger partial charge in [-0.05, 0) is 6.92 Å². The molecule has 0 aliphatic carbocycles. The van der Waals surface area contributed by atoms with Gasteiger partial charge in [-0.3, -0.25) is 5.10 Å². The molecule has 2 rings (SSSR count). The Labute approximate surface area is 94.0 Å². The molecule has 0 atom stereocenters. The molecule has 5 nitrogen and oxygen atoms in total. The van der Waals surface area contributed by atoms with Crippen LogP contribution >= 0.6 is 12.4 Å². The van der Waals surface area contributed by atoms with Crippen molar-refractivity contribution in [2.75, 3.05) is 13.2 Å². The molecule has 15 heavy (non-hydrogen) atoms. The van der Waals surface area contributed by atoms with Crippen molar-refractivity contribution in [2.24, 2.45) is 0 Å². The largest absolute Gasteiger partial charge is 0.461 e. The third-order valence-electron chi connectivity index (χ3n) is 2.28. The summed E-state index contributed by atoms with van der Waals surface area (Å²) >= 11 is 0. The Morgan fingerprint density at radius 2 is 2.40 bits per heavy atom. The first-order valence-corrected chi connectivity index (χ1v) is 4.77. The average Bonchev–Trinajstić information content (AvgIpc) is 2.61. The van der Waals surface area contributed by atoms with E-state index in [9.17, 15) is 4.79 Å². The fraction of sp³-hybridized carbons (Fsp3) is 0.556. The summed E-state index contributed by atoms with van der Waals surface area (Å²) < 4.78 is 4.90. The zero-order valence-electron chi connectivity index (χ0n) is 8.50. The van der Waals surface area contributed by atoms with Crippen LogP contribution in [-0.2, 0) is 17.7 Å². The van der Waals surface area contributed by atoms with Crippen LogP contribution < -0.4 is 5.32 Å². The summed E-state index contributed by atoms with van der Waals surface area (Å²) in [6, 6.07) is 0. The van der Waals surface area contributed by atoms with E-state index in [1.807, 2.05) is 0 Å². The predicted molar refractivity (Wildman–Crippen MR) is 57.2 cm³/mol. The lowest BCUT2D eigenvalue weighted by Gasteiger charge is -2.12. The maximum Gasteiger partial charge on any atom is 0.359 e. The first-order chi connectivity index (χ1) is 6.83. The van der Waals surface area contributed by atoms with Gasteiger partial charge in [0.1, 0.15) is 0 Å². The number of nitrogens with one attached hydrogen (secondary N) is 2. The molecule has 84 valence electrons. The molecule has 2 N–H and O–H groups in total. The van der Waals surface area contributed by atoms with E-state index in [-0.39, 0.29) is 18.4 Å². The predicted octanol–water partition coefficient (Wildman–Crippen LogP) is 0.654. The first kappa shape index (κ1) is 12.0. The number of hydrogen-bond acceptors (Lipinski definition) is 4. The fourth-order valence-electron chi connectivity index (χ4n) is 1.59. The number of aromatic amines is 1. The maximum atomic E-state index is 11.4. The molecular formula is C9H14ClN3O2. The smallest absolute Gasteiger partial charge is 0.359 e. The van der Waals surface area contributed by atoms with Crippen LogP contribution in [0.2, 0.25) is 0 Å². The molecule has 0 aromatic carbocycles. The lowest BCUT2D eigenvalue weighted by Crippen LogP contribution is -2.24. The van der Waals surface area contributed by atoms with Crippen molar-refractivity contribution >= 4 is 18.4 Å². The molecule has 0 radical (unpaired) electrons. The highest BCUT2D eigenvalue weighted by Crippen LogP contribution is 2.15. The van der Waals surface area contributed by atoms with Gasteiger partial charge in [-0.25, -0.2) is 4.79 Å². The summed E-state index contributed by atoms with van der Waals surface area (Å²) in [4.78, 5) is 11.4. The van der Waals surface area contributed by atoms with Crippen LogP contribution in [0.1, 0.15) is 28.7 Å². The van der Waals surface area contributed by atoms with E-state index >= 15 is 0 Å². The number of nitrogens with zero attached hydrogens (tertiary/aromatic N) is 1. The second-order valence-electron chi connectivity index (χ2n) is 3.18. The van der Waals surface area contributed by atoms with Crippen LogP contribution in [0.25, 0.3) is 0 Å². The minimum atomic E-state index is -0.339. The number of esters is 1. The van der Waals surface area contributed by atoms with Crippen molar-refractivity contribution in [1.82, 2.24) is 15.5 Å². The molecule has 0 bridgehead atoms. The van der Waals surface area contributed by atoms with E-state index in [4.69, 9.17) is 4.74 Å². The van der Waals surface area contributed by atoms with Crippen LogP contribution in [0.15, 0.2) is 0 Å². The number of halogens is 1. The van der Waals surface area contributed by atoms with Crippen LogP contribution in [0.5, 0.6) is 0 Å². The zero-order chi connectivity index (χ0) is 9.97. The quantitative estimate of drug-likeness (QED) is 0.734. The highest BCUT2D eigenvalue weighted by atomic mass is 35.5. The number of ether oxygens (including phenoxy) is 1. The van der Waals surface area contributed by atoms with Gasteiger partial charge in [0, 0.05) is 30.8 Å². The van der Waals surface area contributed by atoms with Gasteiger partial charge in [0.15, 0.2) is 5.69 Å². The minimum Gasteiger partial charge on any atom is -0.461 e. The monoisotopic (exact) mass is 231 g/mol. The fourth-order valence-corrected chi connectivity index (χ4v) is 1.59. The molecular weight excluding hydrogens is 218 g/mol. The summed E-state index contributed by atoms with van der Waals surface area (Å²) in [6.07, 6.45) is 0.891. The standard InChI is InChI=1S/C9H13N3O2.ClH/c1-2-14-9(13)8-6-5-10-4-3-7(6)11-12-8;/h10H,2-5H2,1H3,(H,11,12);1H. The molecule has 1 aromatic heterocycles. The first-order valence-electron chi connectivity index (χ1n) is 4.77. The molecule has 0 amide bonds. The third-order valence-corrected chi connectivity index (χ3v) is 2.28. The average molecular weight is 232 g/mol. The summed E-state index contributed by atoms with van der Waals surface area (Å²) in [5.41, 5.74) is 2.43. The number of hydrogen-bond donors (Lipinski definition) is 2. The van der Waals surface area contributed by atoms with Gasteiger partial charge >= 0.3 is 5.97 Å². The molecule has 0 saturated heterocycles. The van der Waals surface area contributed by atoms with Gasteiger partial charge in [-0.1, -0.05) is 0 Å². The van der Waals surface area contributed by atoms with Gasteiger partial charge in [0.2, 0.25) is 0 Å². The Kier molecular flexibility index (Phi) is 4.11. The normalized spacial score (nSPS) is 13.9. The molecule has 1 aromatic rings. The van der Waals surface area contributed by atoms with Gasteiger partial charge in [-0.15, -0.1) is 12.4 Å². The second-order valence-corrected chi connectivity index (χ2v) is 3.18. The summed E-state index contributed by atoms with van der Waals surface area (Å²) in [7, 11) is 0. The van der Waals surface area contributed by atoms with Gasteiger partial charge in [0.05, 0.1) is 6.61 Å². The Balaban J connectivity index is 0.00000112. The van der Waals surface area contributed by atoms with Crippen molar-refractivity contribution in [3.8, 4) is 0 Å². The van der Waals surface area contributed by atoms with E-state index in [0.29, 0.717) is 18.8 Å². The van der Waals surface area contributed by atoms with Crippen LogP contribution in [0, 0.1) is 0 Å². The van der Waals surface area contributed by atoms with Crippen LogP contribution in [0.4, 0.5) is 0 Å². The molecule has 0 fully saturated rings. The van der Waals surface area contributed by atoms with Crippen LogP contribution in [0.3, 0.4) is 0 Å². The SMILES string of the molecule is CCOC(=O)c1n[nH]c2c1CNCC2.Cl. The number of aromatic nitrogens is 2. The van der Waals surface area contributed by atoms with E-state index in [2.05, 4.69) is 15.5 Å². The Morgan fingerprint density at radius 1 is 1.60 bits per heavy atom. The molecule has 1 aliphatic heterocycles. The summed E-state index contributed by atoms with van der Waals surface area (Å²) in [5, 5.41) is 10.0. The molecule has 0 saturated carbocycles. The van der Waals surface area contributed by atoms with Crippen molar-refractivity contribution < 1.29 is 9.53 Å². The summed E-state index contributed by atoms with van der Waals surface area (Å²) in [6.45, 7) is 3.79. The van der Waals surface area contributed by atoms with Gasteiger partial charge < -0.3 is 10.1 Å². The van der Waals surface area contributed by atoms with E-state index in [1.165, 1.54) is 0 Å². The maximum absolute atomic E-state index is 11.4. The number of H-pyrrole nitrogens is 1. The number of rotatable bonds is 2. The molecule has 2 heterocycles. The minimum absolute atomic E-state index is 0. The van der Waals surface area contributed by atoms with Crippen molar-refractivity contribution in [3.05, 3.63) is 17.0 Å². The Morgan fingerprint density at radius 3 is 3.13 bits per heavy atom. The van der Waals surface area contributed by atoms with E-state index in [1.54, 1.807) is 6.92 Å². The van der Waals surface area contributed by atoms with E-state index < -0.39 is 0 Å². The number of carbonyl (C=O) groups is 1. The molecule has 0 spiro atoms. The van der Waals surface area contributed by atoms with Gasteiger partial charge in [-0.2, -0.15) is 5.10 Å². The topological polar surface area (TPSA) is 67.0 Å². The number of carbonyl (C=O) groups excluding carboxylic acids is 1. The van der Waals surface area contributed by atoms with Crippen molar-refractivity contribution in [1.29, 1.82) is 0 Å². The van der Waals surface area contributed by atoms with Crippen LogP contribution in [-0.4, -0.2) is 29.3 Å². The highest BCUT2D eigenvalue weighted by molar-refractivity contribution is 5.89. The molecule has 0 unspecified atom stereocenters. The Bertz CT molecular complexity index is 351. The molecule has 1 aliphatic rings. The number of fused-ring (bicyclic) bond motifs is 1. The zero-order valence-corrected chi connectivity index (χ0v) is 9.32. The molecule has 6 heteroatoms. The third kappa shape index (κ3) is 2.30.